The second-order valence-electron chi connectivity index (χ2n) is 5.25. The number of ether oxygens (including phenoxy) is 1. The van der Waals surface area contributed by atoms with Crippen molar-refractivity contribution in [3.63, 3.8) is 0 Å². The van der Waals surface area contributed by atoms with Crippen LogP contribution in [0.4, 0.5) is 5.69 Å². The Labute approximate surface area is 119 Å². The van der Waals surface area contributed by atoms with E-state index >= 15 is 0 Å². The van der Waals surface area contributed by atoms with Crippen molar-refractivity contribution in [1.82, 2.24) is 5.32 Å². The summed E-state index contributed by atoms with van der Waals surface area (Å²) in [5.41, 5.74) is 4.98. The minimum Gasteiger partial charge on any atom is -0.378 e. The summed E-state index contributed by atoms with van der Waals surface area (Å²) in [6, 6.07) is 5.46. The minimum absolute atomic E-state index is 0.0344. The van der Waals surface area contributed by atoms with Gasteiger partial charge in [-0.15, -0.1) is 0 Å². The van der Waals surface area contributed by atoms with Crippen molar-refractivity contribution in [1.29, 1.82) is 0 Å². The lowest BCUT2D eigenvalue weighted by Crippen LogP contribution is -2.33. The first kappa shape index (κ1) is 14.8. The quantitative estimate of drug-likeness (QED) is 0.567. The standard InChI is InChI=1S/C15H23N3O2/c1-3-14-11(6-7-20-14)9-17-15(19)13-5-4-12(18-16)8-10(13)2/h4-5,8,11,14,18H,3,6-7,9,16H2,1-2H3,(H,17,19). The van der Waals surface area contributed by atoms with E-state index in [0.29, 0.717) is 18.0 Å². The van der Waals surface area contributed by atoms with Crippen LogP contribution in [0.1, 0.15) is 35.7 Å². The summed E-state index contributed by atoms with van der Waals surface area (Å²) in [6.45, 7) is 5.50. The minimum atomic E-state index is -0.0344. The molecule has 110 valence electrons. The molecule has 2 rings (SSSR count). The van der Waals surface area contributed by atoms with Gasteiger partial charge in [0.15, 0.2) is 0 Å². The maximum absolute atomic E-state index is 12.2. The molecule has 20 heavy (non-hydrogen) atoms. The first-order valence-electron chi connectivity index (χ1n) is 7.12. The highest BCUT2D eigenvalue weighted by Gasteiger charge is 2.27. The van der Waals surface area contributed by atoms with Gasteiger partial charge in [-0.25, -0.2) is 0 Å². The molecular formula is C15H23N3O2. The summed E-state index contributed by atoms with van der Waals surface area (Å²) >= 11 is 0. The lowest BCUT2D eigenvalue weighted by Gasteiger charge is -2.17. The number of nitrogen functional groups attached to an aromatic ring is 1. The van der Waals surface area contributed by atoms with Gasteiger partial charge in [0, 0.05) is 30.3 Å². The normalized spacial score (nSPS) is 21.8. The number of carbonyl (C=O) groups excluding carboxylic acids is 1. The Morgan fingerprint density at radius 2 is 2.30 bits per heavy atom. The van der Waals surface area contributed by atoms with Gasteiger partial charge in [-0.2, -0.15) is 0 Å². The Morgan fingerprint density at radius 1 is 1.50 bits per heavy atom. The Morgan fingerprint density at radius 3 is 2.95 bits per heavy atom. The van der Waals surface area contributed by atoms with Crippen LogP contribution in [0.25, 0.3) is 0 Å². The topological polar surface area (TPSA) is 76.4 Å². The van der Waals surface area contributed by atoms with Crippen LogP contribution in [0, 0.1) is 12.8 Å². The highest BCUT2D eigenvalue weighted by molar-refractivity contribution is 5.96. The van der Waals surface area contributed by atoms with E-state index in [-0.39, 0.29) is 12.0 Å². The number of aryl methyl sites for hydroxylation is 1. The van der Waals surface area contributed by atoms with E-state index in [1.165, 1.54) is 0 Å². The molecule has 0 bridgehead atoms. The first-order valence-corrected chi connectivity index (χ1v) is 7.12. The Bertz CT molecular complexity index is 476. The van der Waals surface area contributed by atoms with E-state index in [9.17, 15) is 4.79 Å². The average molecular weight is 277 g/mol. The van der Waals surface area contributed by atoms with Gasteiger partial charge in [0.1, 0.15) is 0 Å². The number of hydrogen-bond donors (Lipinski definition) is 3. The second-order valence-corrected chi connectivity index (χ2v) is 5.25. The molecule has 0 aliphatic carbocycles. The van der Waals surface area contributed by atoms with Gasteiger partial charge < -0.3 is 15.5 Å². The van der Waals surface area contributed by atoms with Crippen LogP contribution in [-0.4, -0.2) is 25.2 Å². The van der Waals surface area contributed by atoms with Gasteiger partial charge in [0.05, 0.1) is 6.10 Å². The largest absolute Gasteiger partial charge is 0.378 e. The van der Waals surface area contributed by atoms with Gasteiger partial charge >= 0.3 is 0 Å². The number of benzene rings is 1. The first-order chi connectivity index (χ1) is 9.65. The van der Waals surface area contributed by atoms with Crippen molar-refractivity contribution in [2.45, 2.75) is 32.8 Å². The van der Waals surface area contributed by atoms with Crippen LogP contribution >= 0.6 is 0 Å². The van der Waals surface area contributed by atoms with Crippen molar-refractivity contribution < 1.29 is 9.53 Å². The molecule has 1 aliphatic heterocycles. The number of carbonyl (C=O) groups is 1. The Hall–Kier alpha value is -1.59. The van der Waals surface area contributed by atoms with E-state index < -0.39 is 0 Å². The molecule has 0 spiro atoms. The van der Waals surface area contributed by atoms with Crippen molar-refractivity contribution in [3.8, 4) is 0 Å². The van der Waals surface area contributed by atoms with Crippen molar-refractivity contribution in [2.75, 3.05) is 18.6 Å². The zero-order valence-electron chi connectivity index (χ0n) is 12.1. The number of amides is 1. The number of nitrogens with two attached hydrogens (primary N) is 1. The van der Waals surface area contributed by atoms with Crippen LogP contribution in [0.5, 0.6) is 0 Å². The van der Waals surface area contributed by atoms with Crippen LogP contribution < -0.4 is 16.6 Å². The Balaban J connectivity index is 1.95. The summed E-state index contributed by atoms with van der Waals surface area (Å²) in [7, 11) is 0. The van der Waals surface area contributed by atoms with E-state index in [0.717, 1.165) is 30.7 Å². The lowest BCUT2D eigenvalue weighted by molar-refractivity contribution is 0.0826. The van der Waals surface area contributed by atoms with Crippen molar-refractivity contribution in [3.05, 3.63) is 29.3 Å². The second kappa shape index (κ2) is 6.72. The SMILES string of the molecule is CCC1OCCC1CNC(=O)c1ccc(NN)cc1C. The lowest BCUT2D eigenvalue weighted by atomic mass is 9.99. The van der Waals surface area contributed by atoms with E-state index in [2.05, 4.69) is 17.7 Å². The predicted octanol–water partition coefficient (Wildman–Crippen LogP) is 1.83. The van der Waals surface area contributed by atoms with Gasteiger partial charge in [0.25, 0.3) is 5.91 Å². The summed E-state index contributed by atoms with van der Waals surface area (Å²) in [5, 5.41) is 3.01. The van der Waals surface area contributed by atoms with Gasteiger partial charge in [-0.05, 0) is 43.5 Å². The molecule has 0 radical (unpaired) electrons. The molecule has 1 fully saturated rings. The number of nitrogens with one attached hydrogen (secondary N) is 2. The molecule has 2 unspecified atom stereocenters. The van der Waals surface area contributed by atoms with Crippen LogP contribution in [0.2, 0.25) is 0 Å². The Kier molecular flexibility index (Phi) is 4.98. The summed E-state index contributed by atoms with van der Waals surface area (Å²) in [6.07, 6.45) is 2.30. The van der Waals surface area contributed by atoms with Crippen LogP contribution in [-0.2, 0) is 4.74 Å². The van der Waals surface area contributed by atoms with E-state index in [1.807, 2.05) is 13.0 Å². The zero-order chi connectivity index (χ0) is 14.5. The molecule has 1 amide bonds. The molecule has 1 aliphatic rings. The number of hydrogen-bond acceptors (Lipinski definition) is 4. The van der Waals surface area contributed by atoms with Crippen LogP contribution in [0.15, 0.2) is 18.2 Å². The monoisotopic (exact) mass is 277 g/mol. The smallest absolute Gasteiger partial charge is 0.251 e. The maximum atomic E-state index is 12.2. The van der Waals surface area contributed by atoms with Gasteiger partial charge in [-0.3, -0.25) is 10.6 Å². The molecule has 5 nitrogen and oxygen atoms in total. The summed E-state index contributed by atoms with van der Waals surface area (Å²) < 4.78 is 5.63. The van der Waals surface area contributed by atoms with Gasteiger partial charge in [-0.1, -0.05) is 6.92 Å². The molecular weight excluding hydrogens is 254 g/mol. The molecule has 1 aromatic rings. The van der Waals surface area contributed by atoms with Crippen molar-refractivity contribution >= 4 is 11.6 Å². The summed E-state index contributed by atoms with van der Waals surface area (Å²) in [5.74, 6) is 5.74. The van der Waals surface area contributed by atoms with Crippen LogP contribution in [0.3, 0.4) is 0 Å². The molecule has 1 aromatic carbocycles. The fourth-order valence-electron chi connectivity index (χ4n) is 2.70. The third kappa shape index (κ3) is 3.29. The van der Waals surface area contributed by atoms with E-state index in [1.54, 1.807) is 12.1 Å². The number of hydrazine groups is 1. The molecule has 1 saturated heterocycles. The zero-order valence-corrected chi connectivity index (χ0v) is 12.1. The molecule has 0 aromatic heterocycles. The highest BCUT2D eigenvalue weighted by atomic mass is 16.5. The molecule has 1 heterocycles. The summed E-state index contributed by atoms with van der Waals surface area (Å²) in [4.78, 5) is 12.2. The molecule has 0 saturated carbocycles. The fourth-order valence-corrected chi connectivity index (χ4v) is 2.70. The third-order valence-electron chi connectivity index (χ3n) is 3.91. The number of anilines is 1. The van der Waals surface area contributed by atoms with Crippen molar-refractivity contribution in [2.24, 2.45) is 11.8 Å². The van der Waals surface area contributed by atoms with E-state index in [4.69, 9.17) is 10.6 Å². The predicted molar refractivity (Wildman–Crippen MR) is 79.5 cm³/mol. The molecule has 2 atom stereocenters. The highest BCUT2D eigenvalue weighted by Crippen LogP contribution is 2.22. The maximum Gasteiger partial charge on any atom is 0.251 e. The average Bonchev–Trinajstić information content (AvgIpc) is 2.92. The fraction of sp³-hybridized carbons (Fsp3) is 0.533. The third-order valence-corrected chi connectivity index (χ3v) is 3.91. The number of rotatable bonds is 5. The van der Waals surface area contributed by atoms with Gasteiger partial charge in [0.2, 0.25) is 0 Å². The molecule has 4 N–H and O–H groups in total. The molecule has 5 heteroatoms.